The second kappa shape index (κ2) is 10.8. The number of benzene rings is 2. The van der Waals surface area contributed by atoms with Crippen LogP contribution in [0.25, 0.3) is 0 Å². The zero-order valence-electron chi connectivity index (χ0n) is 17.4. The highest BCUT2D eigenvalue weighted by molar-refractivity contribution is 8.00. The molecule has 3 N–H and O–H groups in total. The van der Waals surface area contributed by atoms with Crippen LogP contribution in [-0.2, 0) is 16.1 Å². The number of nitrogens with two attached hydrogens (primary N) is 1. The van der Waals surface area contributed by atoms with Gasteiger partial charge in [-0.3, -0.25) is 4.79 Å². The number of halogens is 1. The highest BCUT2D eigenvalue weighted by atomic mass is 35.5. The fourth-order valence-corrected chi connectivity index (χ4v) is 3.60. The van der Waals surface area contributed by atoms with E-state index in [-0.39, 0.29) is 36.0 Å². The molecule has 11 heteroatoms. The van der Waals surface area contributed by atoms with Gasteiger partial charge in [-0.05, 0) is 36.4 Å². The Labute approximate surface area is 194 Å². The Bertz CT molecular complexity index is 1110. The summed E-state index contributed by atoms with van der Waals surface area (Å²) in [6.45, 7) is -0.198. The SMILES string of the molecule is CN(C)C(=O)CSc1ccccc1C(=O)OCc1nc(N)nc(Nc2ccc(Cl)cc2)n1. The second-order valence-corrected chi connectivity index (χ2v) is 8.17. The Hall–Kier alpha value is -3.37. The van der Waals surface area contributed by atoms with Gasteiger partial charge in [0.25, 0.3) is 0 Å². The molecule has 0 saturated heterocycles. The van der Waals surface area contributed by atoms with Gasteiger partial charge >= 0.3 is 5.97 Å². The number of esters is 1. The van der Waals surface area contributed by atoms with Gasteiger partial charge in [0.1, 0.15) is 0 Å². The summed E-state index contributed by atoms with van der Waals surface area (Å²) in [5, 5.41) is 3.60. The van der Waals surface area contributed by atoms with Crippen LogP contribution < -0.4 is 11.1 Å². The van der Waals surface area contributed by atoms with Crippen molar-refractivity contribution in [3.05, 3.63) is 64.9 Å². The molecule has 0 saturated carbocycles. The number of hydrogen-bond acceptors (Lipinski definition) is 9. The van der Waals surface area contributed by atoms with Crippen LogP contribution in [0.5, 0.6) is 0 Å². The summed E-state index contributed by atoms with van der Waals surface area (Å²) in [6.07, 6.45) is 0. The van der Waals surface area contributed by atoms with Crippen LogP contribution in [0.3, 0.4) is 0 Å². The molecule has 0 fully saturated rings. The number of carbonyl (C=O) groups excluding carboxylic acids is 2. The van der Waals surface area contributed by atoms with Crippen LogP contribution in [0.2, 0.25) is 5.02 Å². The third-order valence-electron chi connectivity index (χ3n) is 4.09. The quantitative estimate of drug-likeness (QED) is 0.375. The molecular weight excluding hydrogens is 452 g/mol. The molecule has 1 aromatic heterocycles. The fraction of sp³-hybridized carbons (Fsp3) is 0.190. The highest BCUT2D eigenvalue weighted by Crippen LogP contribution is 2.24. The molecule has 32 heavy (non-hydrogen) atoms. The molecule has 9 nitrogen and oxygen atoms in total. The maximum atomic E-state index is 12.6. The molecule has 3 rings (SSSR count). The van der Waals surface area contributed by atoms with Crippen molar-refractivity contribution >= 4 is 52.8 Å². The lowest BCUT2D eigenvalue weighted by Crippen LogP contribution is -2.23. The van der Waals surface area contributed by atoms with Gasteiger partial charge in [0.05, 0.1) is 11.3 Å². The monoisotopic (exact) mass is 472 g/mol. The number of nitrogens with zero attached hydrogens (tertiary/aromatic N) is 4. The summed E-state index contributed by atoms with van der Waals surface area (Å²) >= 11 is 7.16. The van der Waals surface area contributed by atoms with Gasteiger partial charge in [-0.2, -0.15) is 15.0 Å². The van der Waals surface area contributed by atoms with E-state index >= 15 is 0 Å². The average molecular weight is 473 g/mol. The molecule has 0 atom stereocenters. The van der Waals surface area contributed by atoms with Gasteiger partial charge in [0.15, 0.2) is 12.4 Å². The van der Waals surface area contributed by atoms with Crippen molar-refractivity contribution in [1.29, 1.82) is 0 Å². The number of carbonyl (C=O) groups is 2. The first kappa shape index (κ1) is 23.3. The van der Waals surface area contributed by atoms with Crippen molar-refractivity contribution in [1.82, 2.24) is 19.9 Å². The molecule has 0 unspecified atom stereocenters. The summed E-state index contributed by atoms with van der Waals surface area (Å²) in [4.78, 5) is 38.9. The summed E-state index contributed by atoms with van der Waals surface area (Å²) in [6, 6.07) is 13.9. The van der Waals surface area contributed by atoms with Gasteiger partial charge in [-0.25, -0.2) is 4.79 Å². The smallest absolute Gasteiger partial charge is 0.339 e. The molecule has 1 heterocycles. The number of anilines is 3. The molecule has 0 radical (unpaired) electrons. The van der Waals surface area contributed by atoms with E-state index < -0.39 is 5.97 Å². The Morgan fingerprint density at radius 1 is 1.09 bits per heavy atom. The lowest BCUT2D eigenvalue weighted by molar-refractivity contribution is -0.125. The van der Waals surface area contributed by atoms with Crippen molar-refractivity contribution < 1.29 is 14.3 Å². The summed E-state index contributed by atoms with van der Waals surface area (Å²) in [7, 11) is 3.36. The molecule has 0 aliphatic rings. The lowest BCUT2D eigenvalue weighted by Gasteiger charge is -2.12. The molecule has 3 aromatic rings. The Morgan fingerprint density at radius 2 is 1.81 bits per heavy atom. The first-order chi connectivity index (χ1) is 15.3. The molecule has 166 valence electrons. The van der Waals surface area contributed by atoms with Gasteiger partial charge in [0.2, 0.25) is 17.8 Å². The van der Waals surface area contributed by atoms with Gasteiger partial charge in [0, 0.05) is 29.7 Å². The van der Waals surface area contributed by atoms with Crippen molar-refractivity contribution in [2.75, 3.05) is 30.9 Å². The second-order valence-electron chi connectivity index (χ2n) is 6.71. The number of aromatic nitrogens is 3. The minimum atomic E-state index is -0.559. The molecule has 2 aromatic carbocycles. The average Bonchev–Trinajstić information content (AvgIpc) is 2.77. The van der Waals surface area contributed by atoms with E-state index in [4.69, 9.17) is 22.1 Å². The van der Waals surface area contributed by atoms with Crippen LogP contribution in [0.1, 0.15) is 16.2 Å². The minimum Gasteiger partial charge on any atom is -0.454 e. The summed E-state index contributed by atoms with van der Waals surface area (Å²) in [5.74, 6) is -0.0165. The number of rotatable bonds is 8. The normalized spacial score (nSPS) is 10.5. The maximum Gasteiger partial charge on any atom is 0.339 e. The van der Waals surface area contributed by atoms with E-state index in [9.17, 15) is 9.59 Å². The summed E-state index contributed by atoms with van der Waals surface area (Å²) in [5.41, 5.74) is 6.83. The molecule has 0 bridgehead atoms. The fourth-order valence-electron chi connectivity index (χ4n) is 2.46. The lowest BCUT2D eigenvalue weighted by atomic mass is 10.2. The Morgan fingerprint density at radius 3 is 2.53 bits per heavy atom. The number of ether oxygens (including phenoxy) is 1. The van der Waals surface area contributed by atoms with Crippen LogP contribution in [0.15, 0.2) is 53.4 Å². The summed E-state index contributed by atoms with van der Waals surface area (Å²) < 4.78 is 5.38. The van der Waals surface area contributed by atoms with E-state index in [0.29, 0.717) is 21.2 Å². The minimum absolute atomic E-state index is 0.0133. The molecule has 0 aliphatic heterocycles. The van der Waals surface area contributed by atoms with E-state index in [2.05, 4.69) is 20.3 Å². The largest absolute Gasteiger partial charge is 0.454 e. The van der Waals surface area contributed by atoms with Gasteiger partial charge < -0.3 is 20.7 Å². The number of thioether (sulfide) groups is 1. The van der Waals surface area contributed by atoms with E-state index in [1.807, 2.05) is 0 Å². The van der Waals surface area contributed by atoms with Gasteiger partial charge in [-0.1, -0.05) is 23.7 Å². The van der Waals surface area contributed by atoms with Crippen molar-refractivity contribution in [3.8, 4) is 0 Å². The first-order valence-corrected chi connectivity index (χ1v) is 10.8. The highest BCUT2D eigenvalue weighted by Gasteiger charge is 2.16. The van der Waals surface area contributed by atoms with E-state index in [1.165, 1.54) is 16.7 Å². The maximum absolute atomic E-state index is 12.6. The number of hydrogen-bond donors (Lipinski definition) is 2. The zero-order valence-corrected chi connectivity index (χ0v) is 19.0. The molecule has 0 aliphatic carbocycles. The topological polar surface area (TPSA) is 123 Å². The molecule has 0 spiro atoms. The number of nitrogen functional groups attached to an aromatic ring is 1. The standard InChI is InChI=1S/C21H21ClN6O3S/c1-28(2)18(29)12-32-16-6-4-3-5-15(16)19(30)31-11-17-25-20(23)27-21(26-17)24-14-9-7-13(22)8-10-14/h3-10H,11-12H2,1-2H3,(H3,23,24,25,26,27). The van der Waals surface area contributed by atoms with Crippen molar-refractivity contribution in [2.24, 2.45) is 0 Å². The predicted molar refractivity (Wildman–Crippen MR) is 124 cm³/mol. The van der Waals surface area contributed by atoms with Crippen LogP contribution in [-0.4, -0.2) is 51.6 Å². The van der Waals surface area contributed by atoms with Crippen molar-refractivity contribution in [3.63, 3.8) is 0 Å². The molecular formula is C21H21ClN6O3S. The Balaban J connectivity index is 1.66. The number of nitrogens with one attached hydrogen (secondary N) is 1. The van der Waals surface area contributed by atoms with Crippen molar-refractivity contribution in [2.45, 2.75) is 11.5 Å². The molecule has 1 amide bonds. The third-order valence-corrected chi connectivity index (χ3v) is 5.40. The van der Waals surface area contributed by atoms with Crippen LogP contribution >= 0.6 is 23.4 Å². The number of amides is 1. The first-order valence-electron chi connectivity index (χ1n) is 9.44. The van der Waals surface area contributed by atoms with Gasteiger partial charge in [-0.15, -0.1) is 11.8 Å². The van der Waals surface area contributed by atoms with Crippen LogP contribution in [0, 0.1) is 0 Å². The Kier molecular flexibility index (Phi) is 7.85. The predicted octanol–water partition coefficient (Wildman–Crippen LogP) is 3.39. The zero-order chi connectivity index (χ0) is 23.1. The van der Waals surface area contributed by atoms with E-state index in [0.717, 1.165) is 0 Å². The van der Waals surface area contributed by atoms with E-state index in [1.54, 1.807) is 62.6 Å². The van der Waals surface area contributed by atoms with Crippen LogP contribution in [0.4, 0.5) is 17.6 Å². The third kappa shape index (κ3) is 6.56.